The van der Waals surface area contributed by atoms with Gasteiger partial charge in [0.1, 0.15) is 28.7 Å². The van der Waals surface area contributed by atoms with E-state index in [1.54, 1.807) is 26.5 Å². The zero-order valence-corrected chi connectivity index (χ0v) is 23.6. The van der Waals surface area contributed by atoms with Gasteiger partial charge in [0, 0.05) is 23.9 Å². The maximum atomic E-state index is 13.6. The smallest absolute Gasteiger partial charge is 0.248 e. The number of carbonyl (C=O) groups excluding carboxylic acids is 3. The zero-order chi connectivity index (χ0) is 28.4. The van der Waals surface area contributed by atoms with E-state index in [0.29, 0.717) is 50.8 Å². The summed E-state index contributed by atoms with van der Waals surface area (Å²) in [6.07, 6.45) is 7.87. The number of aryl methyl sites for hydroxylation is 1. The fourth-order valence-electron chi connectivity index (χ4n) is 5.65. The largest absolute Gasteiger partial charge is 0.326 e. The van der Waals surface area contributed by atoms with Gasteiger partial charge >= 0.3 is 0 Å². The molecule has 1 aromatic carbocycles. The lowest BCUT2D eigenvalue weighted by molar-refractivity contribution is -0.138. The van der Waals surface area contributed by atoms with Gasteiger partial charge in [-0.15, -0.1) is 0 Å². The number of hydrogen-bond donors (Lipinski definition) is 1. The number of halogens is 1. The van der Waals surface area contributed by atoms with Crippen molar-refractivity contribution >= 4 is 55.9 Å². The number of rotatable bonds is 6. The summed E-state index contributed by atoms with van der Waals surface area (Å²) in [7, 11) is 0. The number of nitrogens with one attached hydrogen (secondary N) is 1. The van der Waals surface area contributed by atoms with Crippen molar-refractivity contribution in [3.63, 3.8) is 0 Å². The second kappa shape index (κ2) is 9.51. The van der Waals surface area contributed by atoms with Gasteiger partial charge in [-0.3, -0.25) is 29.0 Å². The van der Waals surface area contributed by atoms with Crippen molar-refractivity contribution < 1.29 is 14.4 Å². The highest BCUT2D eigenvalue weighted by Gasteiger charge is 2.56. The molecule has 7 rings (SSSR count). The molecule has 41 heavy (non-hydrogen) atoms. The summed E-state index contributed by atoms with van der Waals surface area (Å²) in [5.41, 5.74) is 2.97. The number of nitrogens with zero attached hydrogens (tertiary/aromatic N) is 9. The van der Waals surface area contributed by atoms with Crippen LogP contribution in [0.25, 0.3) is 27.8 Å². The summed E-state index contributed by atoms with van der Waals surface area (Å²) in [4.78, 5) is 58.1. The van der Waals surface area contributed by atoms with E-state index in [4.69, 9.17) is 0 Å². The van der Waals surface area contributed by atoms with Crippen LogP contribution in [0.15, 0.2) is 47.6 Å². The number of amides is 2. The molecule has 5 heterocycles. The van der Waals surface area contributed by atoms with E-state index in [1.807, 2.05) is 25.1 Å². The summed E-state index contributed by atoms with van der Waals surface area (Å²) < 4.78 is 3.70. The van der Waals surface area contributed by atoms with Crippen LogP contribution in [0.1, 0.15) is 36.1 Å². The molecule has 1 N–H and O–H groups in total. The predicted octanol–water partition coefficient (Wildman–Crippen LogP) is 2.83. The summed E-state index contributed by atoms with van der Waals surface area (Å²) in [5, 5.41) is 12.3. The molecule has 0 unspecified atom stereocenters. The standard InChI is InChI=1S/C27H23BrN10O3/c1-13(39)26-17-5-15(18-11-37-24(10-30-18)31-14(2)34-37)3-4-19(17)36(35-26)12-25(40)38-20-6-16(20)7-21(38)27(41)33-23-9-29-8-22(28)32-23/h3-5,8-11,16,20-21H,6-7,12H2,1-2H3,(H,32,33,41)/t16-,20-,21+/m1/s1. The summed E-state index contributed by atoms with van der Waals surface area (Å²) >= 11 is 3.25. The van der Waals surface area contributed by atoms with Crippen LogP contribution in [0.4, 0.5) is 5.82 Å². The van der Waals surface area contributed by atoms with E-state index in [-0.39, 0.29) is 35.9 Å². The molecule has 4 aromatic heterocycles. The van der Waals surface area contributed by atoms with E-state index in [2.05, 4.69) is 51.4 Å². The molecule has 13 nitrogen and oxygen atoms in total. The molecule has 2 fully saturated rings. The number of carbonyl (C=O) groups is 3. The lowest BCUT2D eigenvalue weighted by Crippen LogP contribution is -2.46. The Morgan fingerprint density at radius 3 is 2.76 bits per heavy atom. The number of likely N-dealkylation sites (tertiary alicyclic amines) is 1. The SMILES string of the molecule is CC(=O)c1nn(CC(=O)N2[C@@H]3C[C@@H]3C[C@H]2C(=O)Nc2cncc(Br)n2)c2ccc(-c3cn4nc(C)nc4cn3)cc12. The number of Topliss-reactive ketones (excluding diaryl/α,β-unsaturated/α-hetero) is 1. The van der Waals surface area contributed by atoms with E-state index in [1.165, 1.54) is 19.3 Å². The first-order valence-electron chi connectivity index (χ1n) is 13.1. The number of benzene rings is 1. The van der Waals surface area contributed by atoms with Crippen LogP contribution in [0, 0.1) is 12.8 Å². The number of aromatic nitrogens is 8. The van der Waals surface area contributed by atoms with Crippen molar-refractivity contribution in [2.24, 2.45) is 5.92 Å². The molecule has 0 radical (unpaired) electrons. The molecule has 2 amide bonds. The Morgan fingerprint density at radius 1 is 1.10 bits per heavy atom. The van der Waals surface area contributed by atoms with Crippen LogP contribution < -0.4 is 5.32 Å². The number of anilines is 1. The Morgan fingerprint density at radius 2 is 1.95 bits per heavy atom. The summed E-state index contributed by atoms with van der Waals surface area (Å²) in [6.45, 7) is 3.16. The molecule has 1 saturated heterocycles. The molecule has 1 aliphatic carbocycles. The van der Waals surface area contributed by atoms with Crippen molar-refractivity contribution in [1.82, 2.24) is 44.2 Å². The monoisotopic (exact) mass is 614 g/mol. The number of piperidine rings is 1. The van der Waals surface area contributed by atoms with Crippen molar-refractivity contribution in [3.05, 3.63) is 59.1 Å². The average molecular weight is 615 g/mol. The topological polar surface area (TPSA) is 153 Å². The van der Waals surface area contributed by atoms with Gasteiger partial charge in [-0.2, -0.15) is 10.2 Å². The first kappa shape index (κ1) is 25.4. The first-order valence-corrected chi connectivity index (χ1v) is 13.8. The minimum Gasteiger partial charge on any atom is -0.326 e. The second-order valence-electron chi connectivity index (χ2n) is 10.4. The molecule has 1 saturated carbocycles. The first-order chi connectivity index (χ1) is 19.7. The highest BCUT2D eigenvalue weighted by Crippen LogP contribution is 2.48. The third-order valence-corrected chi connectivity index (χ3v) is 7.93. The Hall–Kier alpha value is -4.59. The van der Waals surface area contributed by atoms with E-state index < -0.39 is 6.04 Å². The minimum absolute atomic E-state index is 0.0222. The Balaban J connectivity index is 1.17. The molecule has 0 bridgehead atoms. The van der Waals surface area contributed by atoms with Gasteiger partial charge in [-0.25, -0.2) is 14.5 Å². The Labute approximate surface area is 241 Å². The van der Waals surface area contributed by atoms with Crippen molar-refractivity contribution in [2.45, 2.75) is 45.3 Å². The molecule has 14 heteroatoms. The predicted molar refractivity (Wildman–Crippen MR) is 150 cm³/mol. The quantitative estimate of drug-likeness (QED) is 0.284. The van der Waals surface area contributed by atoms with E-state index >= 15 is 0 Å². The van der Waals surface area contributed by atoms with Crippen LogP contribution in [-0.4, -0.2) is 73.9 Å². The summed E-state index contributed by atoms with van der Waals surface area (Å²) in [6, 6.07) is 4.95. The lowest BCUT2D eigenvalue weighted by Gasteiger charge is -2.26. The number of ketones is 1. The van der Waals surface area contributed by atoms with Crippen LogP contribution in [0.3, 0.4) is 0 Å². The van der Waals surface area contributed by atoms with Crippen LogP contribution in [0.2, 0.25) is 0 Å². The lowest BCUT2D eigenvalue weighted by atomic mass is 10.1. The highest BCUT2D eigenvalue weighted by molar-refractivity contribution is 9.10. The number of hydrogen-bond acceptors (Lipinski definition) is 9. The summed E-state index contributed by atoms with van der Waals surface area (Å²) in [5.74, 6) is 0.499. The maximum Gasteiger partial charge on any atom is 0.248 e. The molecule has 1 aliphatic heterocycles. The fraction of sp³-hybridized carbons (Fsp3) is 0.296. The van der Waals surface area contributed by atoms with Gasteiger partial charge in [-0.05, 0) is 53.7 Å². The average Bonchev–Trinajstić information content (AvgIpc) is 3.25. The van der Waals surface area contributed by atoms with Crippen LogP contribution in [0.5, 0.6) is 0 Å². The van der Waals surface area contributed by atoms with E-state index in [9.17, 15) is 14.4 Å². The fourth-order valence-corrected chi connectivity index (χ4v) is 5.95. The normalized spacial score (nSPS) is 19.5. The van der Waals surface area contributed by atoms with Gasteiger partial charge in [-0.1, -0.05) is 6.07 Å². The minimum atomic E-state index is -0.617. The van der Waals surface area contributed by atoms with Crippen LogP contribution in [-0.2, 0) is 16.1 Å². The Kier molecular flexibility index (Phi) is 5.89. The molecule has 5 aromatic rings. The molecule has 0 spiro atoms. The molecule has 2 aliphatic rings. The maximum absolute atomic E-state index is 13.6. The third-order valence-electron chi connectivity index (χ3n) is 7.54. The molecular formula is C27H23BrN10O3. The molecule has 3 atom stereocenters. The van der Waals surface area contributed by atoms with Gasteiger partial charge in [0.15, 0.2) is 17.2 Å². The van der Waals surface area contributed by atoms with Gasteiger partial charge in [0.25, 0.3) is 0 Å². The van der Waals surface area contributed by atoms with Crippen molar-refractivity contribution in [1.29, 1.82) is 0 Å². The van der Waals surface area contributed by atoms with Gasteiger partial charge in [0.2, 0.25) is 11.8 Å². The zero-order valence-electron chi connectivity index (χ0n) is 22.0. The number of fused-ring (bicyclic) bond motifs is 3. The molecule has 206 valence electrons. The highest BCUT2D eigenvalue weighted by atomic mass is 79.9. The Bertz CT molecular complexity index is 1900. The van der Waals surface area contributed by atoms with Crippen molar-refractivity contribution in [2.75, 3.05) is 5.32 Å². The van der Waals surface area contributed by atoms with Gasteiger partial charge < -0.3 is 10.2 Å². The van der Waals surface area contributed by atoms with Crippen molar-refractivity contribution in [3.8, 4) is 11.3 Å². The third kappa shape index (κ3) is 4.53. The van der Waals surface area contributed by atoms with E-state index in [0.717, 1.165) is 12.0 Å². The second-order valence-corrected chi connectivity index (χ2v) is 11.2. The van der Waals surface area contributed by atoms with Gasteiger partial charge in [0.05, 0.1) is 36.0 Å². The van der Waals surface area contributed by atoms with Crippen LogP contribution >= 0.6 is 15.9 Å². The molecular weight excluding hydrogens is 592 g/mol.